The fourth-order valence-electron chi connectivity index (χ4n) is 2.66. The van der Waals surface area contributed by atoms with Gasteiger partial charge in [-0.05, 0) is 25.7 Å². The van der Waals surface area contributed by atoms with Crippen LogP contribution in [0.4, 0.5) is 0 Å². The molecule has 0 amide bonds. The summed E-state index contributed by atoms with van der Waals surface area (Å²) in [4.78, 5) is 3.97. The zero-order valence-electron chi connectivity index (χ0n) is 11.5. The van der Waals surface area contributed by atoms with Gasteiger partial charge in [-0.3, -0.25) is 0 Å². The van der Waals surface area contributed by atoms with Gasteiger partial charge in [0.2, 0.25) is 0 Å². The monoisotopic (exact) mass is 286 g/mol. The number of sulfonamides is 1. The second-order valence-corrected chi connectivity index (χ2v) is 6.99. The van der Waals surface area contributed by atoms with Crippen molar-refractivity contribution >= 4 is 10.0 Å². The topological polar surface area (TPSA) is 81.2 Å². The molecule has 2 N–H and O–H groups in total. The summed E-state index contributed by atoms with van der Waals surface area (Å²) >= 11 is 0. The smallest absolute Gasteiger partial charge is 0.262 e. The Bertz CT molecular complexity index is 518. The molecule has 0 aromatic carbocycles. The summed E-state index contributed by atoms with van der Waals surface area (Å²) in [5.41, 5.74) is 5.88. The fraction of sp³-hybridized carbons (Fsp3) is 0.750. The van der Waals surface area contributed by atoms with Crippen molar-refractivity contribution in [2.75, 3.05) is 6.54 Å². The predicted octanol–water partition coefficient (Wildman–Crippen LogP) is 0.701. The number of hydrogen-bond donors (Lipinski definition) is 1. The minimum atomic E-state index is -3.49. The summed E-state index contributed by atoms with van der Waals surface area (Å²) in [5.74, 6) is 0. The number of imidazole rings is 1. The summed E-state index contributed by atoms with van der Waals surface area (Å²) < 4.78 is 28.4. The Morgan fingerprint density at radius 2 is 2.05 bits per heavy atom. The molecule has 1 aliphatic rings. The molecular weight excluding hydrogens is 264 g/mol. The van der Waals surface area contributed by atoms with Crippen LogP contribution in [-0.4, -0.2) is 40.9 Å². The molecule has 19 heavy (non-hydrogen) atoms. The van der Waals surface area contributed by atoms with E-state index in [1.165, 1.54) is 6.33 Å². The molecule has 1 heterocycles. The summed E-state index contributed by atoms with van der Waals surface area (Å²) in [6.07, 6.45) is 6.50. The average molecular weight is 286 g/mol. The van der Waals surface area contributed by atoms with Gasteiger partial charge >= 0.3 is 0 Å². The van der Waals surface area contributed by atoms with Gasteiger partial charge in [-0.15, -0.1) is 0 Å². The Labute approximate surface area is 114 Å². The van der Waals surface area contributed by atoms with E-state index in [0.717, 1.165) is 25.7 Å². The molecule has 1 aliphatic carbocycles. The molecule has 6 nitrogen and oxygen atoms in total. The van der Waals surface area contributed by atoms with Crippen molar-refractivity contribution in [3.05, 3.63) is 12.5 Å². The highest BCUT2D eigenvalue weighted by Gasteiger charge is 2.33. The summed E-state index contributed by atoms with van der Waals surface area (Å²) in [6, 6.07) is 0.268. The van der Waals surface area contributed by atoms with Crippen molar-refractivity contribution in [2.24, 2.45) is 12.8 Å². The molecule has 1 aromatic heterocycles. The van der Waals surface area contributed by atoms with E-state index in [1.807, 2.05) is 6.92 Å². The minimum Gasteiger partial charge on any atom is -0.339 e. The first kappa shape index (κ1) is 14.5. The first-order chi connectivity index (χ1) is 8.95. The number of rotatable bonds is 4. The van der Waals surface area contributed by atoms with Crippen LogP contribution in [0.25, 0.3) is 0 Å². The third-order valence-corrected chi connectivity index (χ3v) is 5.63. The third kappa shape index (κ3) is 2.98. The molecule has 2 rings (SSSR count). The second-order valence-electron chi connectivity index (χ2n) is 5.15. The maximum absolute atomic E-state index is 12.6. The Morgan fingerprint density at radius 1 is 1.42 bits per heavy atom. The molecular formula is C12H22N4O2S. The SMILES string of the molecule is CCN(C1CCC(N)CC1)S(=O)(=O)c1cn(C)cn1. The van der Waals surface area contributed by atoms with E-state index in [9.17, 15) is 8.42 Å². The molecule has 0 unspecified atom stereocenters. The summed E-state index contributed by atoms with van der Waals surface area (Å²) in [5, 5.41) is 0.131. The lowest BCUT2D eigenvalue weighted by molar-refractivity contribution is 0.246. The molecule has 0 atom stereocenters. The van der Waals surface area contributed by atoms with Gasteiger partial charge in [-0.2, -0.15) is 4.31 Å². The normalized spacial score (nSPS) is 24.8. The van der Waals surface area contributed by atoms with Crippen LogP contribution in [0.1, 0.15) is 32.6 Å². The lowest BCUT2D eigenvalue weighted by Gasteiger charge is -2.34. The molecule has 7 heteroatoms. The largest absolute Gasteiger partial charge is 0.339 e. The molecule has 0 saturated heterocycles. The van der Waals surface area contributed by atoms with Crippen LogP contribution in [0.3, 0.4) is 0 Å². The highest BCUT2D eigenvalue weighted by atomic mass is 32.2. The number of nitrogens with two attached hydrogens (primary N) is 1. The van der Waals surface area contributed by atoms with Crippen LogP contribution in [0.15, 0.2) is 17.6 Å². The van der Waals surface area contributed by atoms with E-state index in [4.69, 9.17) is 5.73 Å². The molecule has 1 fully saturated rings. The van der Waals surface area contributed by atoms with Crippen molar-refractivity contribution in [3.8, 4) is 0 Å². The van der Waals surface area contributed by atoms with Crippen molar-refractivity contribution in [2.45, 2.75) is 49.7 Å². The van der Waals surface area contributed by atoms with Gasteiger partial charge in [0, 0.05) is 31.9 Å². The standard InChI is InChI=1S/C12H22N4O2S/c1-3-16(11-6-4-10(13)5-7-11)19(17,18)12-8-15(2)9-14-12/h8-11H,3-7,13H2,1-2H3. The van der Waals surface area contributed by atoms with E-state index in [1.54, 1.807) is 22.1 Å². The third-order valence-electron chi connectivity index (χ3n) is 3.71. The van der Waals surface area contributed by atoms with E-state index in [0.29, 0.717) is 6.54 Å². The zero-order chi connectivity index (χ0) is 14.0. The van der Waals surface area contributed by atoms with Crippen molar-refractivity contribution in [1.82, 2.24) is 13.9 Å². The molecule has 0 spiro atoms. The Balaban J connectivity index is 2.21. The van der Waals surface area contributed by atoms with Crippen molar-refractivity contribution < 1.29 is 8.42 Å². The first-order valence-electron chi connectivity index (χ1n) is 6.70. The van der Waals surface area contributed by atoms with Gasteiger partial charge in [0.15, 0.2) is 5.03 Å². The second kappa shape index (κ2) is 5.60. The van der Waals surface area contributed by atoms with Crippen LogP contribution < -0.4 is 5.73 Å². The molecule has 0 aliphatic heterocycles. The highest BCUT2D eigenvalue weighted by molar-refractivity contribution is 7.89. The summed E-state index contributed by atoms with van der Waals surface area (Å²) in [6.45, 7) is 2.34. The highest BCUT2D eigenvalue weighted by Crippen LogP contribution is 2.26. The van der Waals surface area contributed by atoms with Gasteiger partial charge in [0.1, 0.15) is 0 Å². The quantitative estimate of drug-likeness (QED) is 0.883. The van der Waals surface area contributed by atoms with Crippen LogP contribution in [-0.2, 0) is 17.1 Å². The summed E-state index contributed by atoms with van der Waals surface area (Å²) in [7, 11) is -1.72. The van der Waals surface area contributed by atoms with Crippen molar-refractivity contribution in [1.29, 1.82) is 0 Å². The Morgan fingerprint density at radius 3 is 2.53 bits per heavy atom. The fourth-order valence-corrected chi connectivity index (χ4v) is 4.32. The van der Waals surface area contributed by atoms with Crippen LogP contribution in [0.5, 0.6) is 0 Å². The van der Waals surface area contributed by atoms with Gasteiger partial charge < -0.3 is 10.3 Å². The van der Waals surface area contributed by atoms with Crippen LogP contribution in [0, 0.1) is 0 Å². The van der Waals surface area contributed by atoms with Crippen LogP contribution in [0.2, 0.25) is 0 Å². The van der Waals surface area contributed by atoms with E-state index in [2.05, 4.69) is 4.98 Å². The Kier molecular flexibility index (Phi) is 4.27. The number of hydrogen-bond acceptors (Lipinski definition) is 4. The molecule has 0 bridgehead atoms. The number of nitrogens with zero attached hydrogens (tertiary/aromatic N) is 3. The average Bonchev–Trinajstić information content (AvgIpc) is 2.80. The first-order valence-corrected chi connectivity index (χ1v) is 8.14. The number of aromatic nitrogens is 2. The minimum absolute atomic E-state index is 0.0526. The lowest BCUT2D eigenvalue weighted by Crippen LogP contribution is -2.44. The van der Waals surface area contributed by atoms with Gasteiger partial charge in [-0.25, -0.2) is 13.4 Å². The van der Waals surface area contributed by atoms with E-state index < -0.39 is 10.0 Å². The van der Waals surface area contributed by atoms with Gasteiger partial charge in [0.25, 0.3) is 10.0 Å². The molecule has 108 valence electrons. The van der Waals surface area contributed by atoms with E-state index in [-0.39, 0.29) is 17.1 Å². The van der Waals surface area contributed by atoms with Crippen LogP contribution >= 0.6 is 0 Å². The Hall–Kier alpha value is -0.920. The van der Waals surface area contributed by atoms with Crippen molar-refractivity contribution in [3.63, 3.8) is 0 Å². The maximum Gasteiger partial charge on any atom is 0.262 e. The maximum atomic E-state index is 12.6. The lowest BCUT2D eigenvalue weighted by atomic mass is 9.92. The molecule has 0 radical (unpaired) electrons. The molecule has 1 saturated carbocycles. The molecule has 1 aromatic rings. The van der Waals surface area contributed by atoms with Gasteiger partial charge in [0.05, 0.1) is 6.33 Å². The zero-order valence-corrected chi connectivity index (χ0v) is 12.3. The van der Waals surface area contributed by atoms with Gasteiger partial charge in [-0.1, -0.05) is 6.92 Å². The number of aryl methyl sites for hydroxylation is 1. The predicted molar refractivity (Wildman–Crippen MR) is 73.0 cm³/mol. The van der Waals surface area contributed by atoms with E-state index >= 15 is 0 Å².